The molecular formula is C38H29N3O5. The van der Waals surface area contributed by atoms with Crippen molar-refractivity contribution in [2.45, 2.75) is 6.54 Å². The first-order chi connectivity index (χ1) is 22.3. The maximum Gasteiger partial charge on any atom is 0.208 e. The molecule has 0 saturated carbocycles. The minimum atomic E-state index is -1.03. The monoisotopic (exact) mass is 607 g/mol. The number of fused-ring (bicyclic) bond motifs is 1. The molecule has 0 bridgehead atoms. The Hall–Kier alpha value is -6.41. The van der Waals surface area contributed by atoms with Gasteiger partial charge in [-0.25, -0.2) is 0 Å². The Balaban J connectivity index is 1.47. The van der Waals surface area contributed by atoms with E-state index in [9.17, 15) is 25.5 Å². The number of hydrogen-bond donors (Lipinski definition) is 5. The number of pyridine rings is 1. The second kappa shape index (κ2) is 12.7. The van der Waals surface area contributed by atoms with E-state index in [0.717, 1.165) is 38.6 Å². The first kappa shape index (κ1) is 29.7. The Morgan fingerprint density at radius 1 is 0.609 bits per heavy atom. The molecule has 0 radical (unpaired) electrons. The van der Waals surface area contributed by atoms with Crippen LogP contribution in [0.25, 0.3) is 38.7 Å². The van der Waals surface area contributed by atoms with Crippen LogP contribution in [0.15, 0.2) is 132 Å². The number of aromatic nitrogens is 1. The van der Waals surface area contributed by atoms with Gasteiger partial charge in [0.05, 0.1) is 23.5 Å². The summed E-state index contributed by atoms with van der Waals surface area (Å²) >= 11 is 0. The van der Waals surface area contributed by atoms with E-state index in [-0.39, 0.29) is 12.1 Å². The van der Waals surface area contributed by atoms with Gasteiger partial charge in [-0.2, -0.15) is 0 Å². The molecule has 6 aromatic rings. The van der Waals surface area contributed by atoms with Crippen molar-refractivity contribution in [1.82, 2.24) is 4.98 Å². The lowest BCUT2D eigenvalue weighted by atomic mass is 9.97. The van der Waals surface area contributed by atoms with E-state index in [4.69, 9.17) is 4.99 Å². The summed E-state index contributed by atoms with van der Waals surface area (Å²) in [5, 5.41) is 53.3. The fourth-order valence-corrected chi connectivity index (χ4v) is 5.24. The van der Waals surface area contributed by atoms with Crippen LogP contribution in [0.3, 0.4) is 0 Å². The number of phenols is 5. The van der Waals surface area contributed by atoms with Crippen LogP contribution in [0.2, 0.25) is 0 Å². The van der Waals surface area contributed by atoms with Crippen LogP contribution in [-0.4, -0.2) is 42.9 Å². The van der Waals surface area contributed by atoms with Gasteiger partial charge < -0.3 is 25.5 Å². The van der Waals surface area contributed by atoms with Crippen LogP contribution < -0.4 is 0 Å². The summed E-state index contributed by atoms with van der Waals surface area (Å²) in [6.07, 6.45) is 5.22. The molecule has 0 amide bonds. The molecule has 0 spiro atoms. The first-order valence-corrected chi connectivity index (χ1v) is 14.3. The van der Waals surface area contributed by atoms with Gasteiger partial charge in [-0.3, -0.25) is 15.0 Å². The Morgan fingerprint density at radius 2 is 1.22 bits per heavy atom. The van der Waals surface area contributed by atoms with Gasteiger partial charge in [0.2, 0.25) is 17.2 Å². The molecule has 226 valence electrons. The largest absolute Gasteiger partial charge is 0.504 e. The molecule has 0 aliphatic rings. The fraction of sp³-hybridized carbons (Fsp3) is 0.0263. The summed E-state index contributed by atoms with van der Waals surface area (Å²) in [4.78, 5) is 13.2. The van der Waals surface area contributed by atoms with Crippen molar-refractivity contribution < 1.29 is 25.5 Å². The van der Waals surface area contributed by atoms with Crippen molar-refractivity contribution in [3.05, 3.63) is 138 Å². The molecule has 8 nitrogen and oxygen atoms in total. The van der Waals surface area contributed by atoms with Gasteiger partial charge >= 0.3 is 0 Å². The van der Waals surface area contributed by atoms with E-state index < -0.39 is 28.7 Å². The van der Waals surface area contributed by atoms with Gasteiger partial charge in [0.15, 0.2) is 11.5 Å². The summed E-state index contributed by atoms with van der Waals surface area (Å²) < 4.78 is 0. The third kappa shape index (κ3) is 5.87. The molecule has 1 aromatic heterocycles. The van der Waals surface area contributed by atoms with Gasteiger partial charge in [-0.05, 0) is 64.5 Å². The van der Waals surface area contributed by atoms with Crippen LogP contribution in [0, 0.1) is 0 Å². The predicted molar refractivity (Wildman–Crippen MR) is 182 cm³/mol. The Labute approximate surface area is 264 Å². The SMILES string of the molecule is C=N/C(=C\C(=NCc1c(O)c(O)c(O)c(O)c1O)c1cccc(-c2ccc3ccccc3c2)c1)c1cccc(-c2cccnc2)c1. The summed E-state index contributed by atoms with van der Waals surface area (Å²) in [5.74, 6) is -4.54. The molecule has 8 heteroatoms. The van der Waals surface area contributed by atoms with Gasteiger partial charge in [0.25, 0.3) is 0 Å². The molecule has 46 heavy (non-hydrogen) atoms. The maximum absolute atomic E-state index is 10.5. The molecule has 0 fully saturated rings. The van der Waals surface area contributed by atoms with Crippen LogP contribution in [0.1, 0.15) is 16.7 Å². The summed E-state index contributed by atoms with van der Waals surface area (Å²) in [6, 6.07) is 33.6. The Kier molecular flexibility index (Phi) is 8.17. The average molecular weight is 608 g/mol. The van der Waals surface area contributed by atoms with E-state index in [2.05, 4.69) is 41.0 Å². The number of phenolic OH excluding ortho intramolecular Hbond substituents is 5. The standard InChI is InChI=1S/C38H29N3O5/c1-39-32(28-11-5-10-26(19-28)30-13-6-16-40-21-30)20-33(41-22-31-34(42)36(44)38(46)37(45)35(31)43)29-12-4-9-25(18-29)27-15-14-23-7-2-3-8-24(23)17-27/h2-21,42-46H,1,22H2/b32-20-,41-33?. The van der Waals surface area contributed by atoms with E-state index in [1.807, 2.05) is 78.9 Å². The summed E-state index contributed by atoms with van der Waals surface area (Å²) in [7, 11) is 0. The van der Waals surface area contributed by atoms with Gasteiger partial charge in [-0.1, -0.05) is 78.9 Å². The third-order valence-corrected chi connectivity index (χ3v) is 7.71. The zero-order valence-corrected chi connectivity index (χ0v) is 24.5. The van der Waals surface area contributed by atoms with Crippen molar-refractivity contribution in [2.24, 2.45) is 9.98 Å². The van der Waals surface area contributed by atoms with Crippen molar-refractivity contribution >= 4 is 28.9 Å². The quantitative estimate of drug-likeness (QED) is 0.0679. The number of aromatic hydroxyl groups is 5. The van der Waals surface area contributed by atoms with Gasteiger partial charge in [0, 0.05) is 29.1 Å². The molecule has 0 saturated heterocycles. The molecular weight excluding hydrogens is 578 g/mol. The van der Waals surface area contributed by atoms with Crippen molar-refractivity contribution in [1.29, 1.82) is 0 Å². The van der Waals surface area contributed by atoms with Crippen molar-refractivity contribution in [2.75, 3.05) is 0 Å². The fourth-order valence-electron chi connectivity index (χ4n) is 5.24. The van der Waals surface area contributed by atoms with E-state index in [1.54, 1.807) is 18.5 Å². The van der Waals surface area contributed by atoms with E-state index >= 15 is 0 Å². The van der Waals surface area contributed by atoms with Crippen molar-refractivity contribution in [3.8, 4) is 51.0 Å². The van der Waals surface area contributed by atoms with Crippen LogP contribution in [0.5, 0.6) is 28.7 Å². The smallest absolute Gasteiger partial charge is 0.208 e. The number of rotatable bonds is 8. The Morgan fingerprint density at radius 3 is 1.91 bits per heavy atom. The summed E-state index contributed by atoms with van der Waals surface area (Å²) in [5.41, 5.74) is 5.91. The molecule has 0 aliphatic heterocycles. The molecule has 0 unspecified atom stereocenters. The molecule has 5 N–H and O–H groups in total. The highest BCUT2D eigenvalue weighted by molar-refractivity contribution is 6.13. The molecule has 1 heterocycles. The lowest BCUT2D eigenvalue weighted by Crippen LogP contribution is -2.01. The van der Waals surface area contributed by atoms with Gasteiger partial charge in [-0.15, -0.1) is 0 Å². The highest BCUT2D eigenvalue weighted by Gasteiger charge is 2.23. The van der Waals surface area contributed by atoms with Crippen LogP contribution in [0.4, 0.5) is 0 Å². The number of nitrogens with zero attached hydrogens (tertiary/aromatic N) is 3. The molecule has 5 aromatic carbocycles. The van der Waals surface area contributed by atoms with E-state index in [1.165, 1.54) is 0 Å². The zero-order chi connectivity index (χ0) is 32.2. The average Bonchev–Trinajstić information content (AvgIpc) is 3.11. The van der Waals surface area contributed by atoms with Crippen LogP contribution >= 0.6 is 0 Å². The highest BCUT2D eigenvalue weighted by atomic mass is 16.4. The number of allylic oxidation sites excluding steroid dienone is 1. The highest BCUT2D eigenvalue weighted by Crippen LogP contribution is 2.51. The maximum atomic E-state index is 10.5. The van der Waals surface area contributed by atoms with Gasteiger partial charge in [0.1, 0.15) is 0 Å². The molecule has 6 rings (SSSR count). The predicted octanol–water partition coefficient (Wildman–Crippen LogP) is 7.83. The third-order valence-electron chi connectivity index (χ3n) is 7.71. The molecule has 0 aliphatic carbocycles. The van der Waals surface area contributed by atoms with Crippen LogP contribution in [-0.2, 0) is 6.54 Å². The second-order valence-corrected chi connectivity index (χ2v) is 10.6. The topological polar surface area (TPSA) is 139 Å². The minimum Gasteiger partial charge on any atom is -0.504 e. The zero-order valence-electron chi connectivity index (χ0n) is 24.5. The summed E-state index contributed by atoms with van der Waals surface area (Å²) in [6.45, 7) is 3.44. The molecule has 0 atom stereocenters. The lowest BCUT2D eigenvalue weighted by molar-refractivity contribution is 0.324. The van der Waals surface area contributed by atoms with Crippen molar-refractivity contribution in [3.63, 3.8) is 0 Å². The Bertz CT molecular complexity index is 2130. The minimum absolute atomic E-state index is 0.268. The van der Waals surface area contributed by atoms with E-state index in [0.29, 0.717) is 17.0 Å². The number of benzene rings is 5. The normalized spacial score (nSPS) is 11.9. The second-order valence-electron chi connectivity index (χ2n) is 10.6. The number of aliphatic imine (C=N–C) groups is 2. The number of hydrogen-bond acceptors (Lipinski definition) is 8. The first-order valence-electron chi connectivity index (χ1n) is 14.3. The lowest BCUT2D eigenvalue weighted by Gasteiger charge is -2.12.